The molecule has 1 saturated heterocycles. The number of likely N-dealkylation sites (tertiary alicyclic amines) is 1. The summed E-state index contributed by atoms with van der Waals surface area (Å²) in [6.07, 6.45) is 4.29. The average Bonchev–Trinajstić information content (AvgIpc) is 3.43. The Labute approximate surface area is 268 Å². The number of carbonyl (C=O) groups excluding carboxylic acids is 2. The lowest BCUT2D eigenvalue weighted by molar-refractivity contribution is -0.120. The first-order valence-corrected chi connectivity index (χ1v) is 15.9. The number of hydrogen-bond acceptors (Lipinski definition) is 4. The highest BCUT2D eigenvalue weighted by Crippen LogP contribution is 2.33. The van der Waals surface area contributed by atoms with Gasteiger partial charge in [-0.15, -0.1) is 0 Å². The van der Waals surface area contributed by atoms with E-state index in [2.05, 4.69) is 15.2 Å². The second kappa shape index (κ2) is 13.5. The Hall–Kier alpha value is -4.08. The van der Waals surface area contributed by atoms with E-state index in [4.69, 9.17) is 16.3 Å². The van der Waals surface area contributed by atoms with Crippen molar-refractivity contribution in [3.05, 3.63) is 94.9 Å². The zero-order valence-corrected chi connectivity index (χ0v) is 26.4. The van der Waals surface area contributed by atoms with Crippen LogP contribution in [0.15, 0.2) is 72.9 Å². The highest BCUT2D eigenvalue weighted by molar-refractivity contribution is 6.30. The van der Waals surface area contributed by atoms with E-state index in [9.17, 15) is 14.0 Å². The van der Waals surface area contributed by atoms with Gasteiger partial charge in [-0.1, -0.05) is 29.8 Å². The molecule has 6 rings (SSSR count). The van der Waals surface area contributed by atoms with E-state index in [1.165, 1.54) is 12.1 Å². The number of hydrogen-bond donors (Lipinski definition) is 2. The molecule has 1 fully saturated rings. The van der Waals surface area contributed by atoms with Gasteiger partial charge in [0.05, 0.1) is 0 Å². The van der Waals surface area contributed by atoms with Crippen LogP contribution in [0.1, 0.15) is 24.0 Å². The Morgan fingerprint density at radius 2 is 1.84 bits per heavy atom. The summed E-state index contributed by atoms with van der Waals surface area (Å²) in [6, 6.07) is 18.6. The Kier molecular flexibility index (Phi) is 9.28. The van der Waals surface area contributed by atoms with Crippen molar-refractivity contribution in [2.75, 3.05) is 45.2 Å². The fourth-order valence-corrected chi connectivity index (χ4v) is 6.79. The molecule has 0 spiro atoms. The number of piperidine rings is 1. The van der Waals surface area contributed by atoms with Crippen LogP contribution in [0, 0.1) is 11.7 Å². The number of anilines is 1. The number of halogens is 2. The van der Waals surface area contributed by atoms with Gasteiger partial charge in [0.1, 0.15) is 23.7 Å². The number of benzene rings is 3. The molecule has 2 N–H and O–H groups in total. The standard InChI is InChI=1S/C35H39ClFN5O3/c1-40(2)21-23-17-24-18-26(36)7-12-33(24)42(22-23)34(43)32(19-25-20-38-31-6-4-3-5-30(25)31)39-35(44)41-15-13-29(14-16-41)45-28-10-8-27(37)9-11-28/h3-12,18,20,23,29,32,38H,13-17,19,21-22H2,1-2H3,(H,39,44)/t23-,32+/m0/s1. The molecule has 8 nitrogen and oxygen atoms in total. The van der Waals surface area contributed by atoms with Crippen LogP contribution in [0.2, 0.25) is 5.02 Å². The zero-order chi connectivity index (χ0) is 31.5. The second-order valence-electron chi connectivity index (χ2n) is 12.4. The van der Waals surface area contributed by atoms with Crippen LogP contribution < -0.4 is 15.0 Å². The minimum absolute atomic E-state index is 0.0755. The van der Waals surface area contributed by atoms with Gasteiger partial charge in [-0.05, 0) is 86.1 Å². The molecule has 2 atom stereocenters. The maximum Gasteiger partial charge on any atom is 0.318 e. The number of amides is 3. The molecule has 236 valence electrons. The van der Waals surface area contributed by atoms with Crippen molar-refractivity contribution in [3.8, 4) is 5.75 Å². The number of aromatic nitrogens is 1. The first kappa shape index (κ1) is 30.9. The lowest BCUT2D eigenvalue weighted by Crippen LogP contribution is -2.56. The number of nitrogens with zero attached hydrogens (tertiary/aromatic N) is 3. The molecule has 0 aliphatic carbocycles. The van der Waals surface area contributed by atoms with Crippen LogP contribution in [-0.2, 0) is 17.6 Å². The molecule has 0 radical (unpaired) electrons. The van der Waals surface area contributed by atoms with Gasteiger partial charge in [0.2, 0.25) is 5.91 Å². The van der Waals surface area contributed by atoms with E-state index < -0.39 is 6.04 Å². The molecule has 3 amide bonds. The van der Waals surface area contributed by atoms with Crippen LogP contribution in [0.3, 0.4) is 0 Å². The van der Waals surface area contributed by atoms with Gasteiger partial charge in [-0.25, -0.2) is 9.18 Å². The minimum Gasteiger partial charge on any atom is -0.490 e. The minimum atomic E-state index is -0.786. The summed E-state index contributed by atoms with van der Waals surface area (Å²) in [5.74, 6) is 0.379. The van der Waals surface area contributed by atoms with Crippen molar-refractivity contribution < 1.29 is 18.7 Å². The fraction of sp³-hybridized carbons (Fsp3) is 0.371. The van der Waals surface area contributed by atoms with Gasteiger partial charge in [-0.2, -0.15) is 0 Å². The molecular weight excluding hydrogens is 593 g/mol. The van der Waals surface area contributed by atoms with Crippen molar-refractivity contribution in [1.29, 1.82) is 0 Å². The molecule has 0 bridgehead atoms. The summed E-state index contributed by atoms with van der Waals surface area (Å²) < 4.78 is 19.3. The maximum absolute atomic E-state index is 14.5. The zero-order valence-electron chi connectivity index (χ0n) is 25.6. The van der Waals surface area contributed by atoms with E-state index in [0.29, 0.717) is 49.7 Å². The van der Waals surface area contributed by atoms with E-state index in [1.54, 1.807) is 17.0 Å². The van der Waals surface area contributed by atoms with Gasteiger partial charge in [-0.3, -0.25) is 4.79 Å². The number of rotatable bonds is 8. The van der Waals surface area contributed by atoms with Crippen molar-refractivity contribution in [2.24, 2.45) is 5.92 Å². The van der Waals surface area contributed by atoms with Crippen molar-refractivity contribution in [2.45, 2.75) is 37.8 Å². The fourth-order valence-electron chi connectivity index (χ4n) is 6.59. The molecule has 3 heterocycles. The largest absolute Gasteiger partial charge is 0.490 e. The predicted molar refractivity (Wildman–Crippen MR) is 175 cm³/mol. The third kappa shape index (κ3) is 7.26. The molecule has 0 saturated carbocycles. The summed E-state index contributed by atoms with van der Waals surface area (Å²) in [5, 5.41) is 4.79. The summed E-state index contributed by atoms with van der Waals surface area (Å²) in [4.78, 5) is 37.3. The van der Waals surface area contributed by atoms with E-state index in [1.807, 2.05) is 67.7 Å². The van der Waals surface area contributed by atoms with Crippen LogP contribution in [0.4, 0.5) is 14.9 Å². The monoisotopic (exact) mass is 631 g/mol. The summed E-state index contributed by atoms with van der Waals surface area (Å²) in [7, 11) is 4.07. The number of ether oxygens (including phenoxy) is 1. The number of carbonyl (C=O) groups is 2. The average molecular weight is 632 g/mol. The normalized spacial score (nSPS) is 17.8. The van der Waals surface area contributed by atoms with E-state index >= 15 is 0 Å². The molecule has 1 aromatic heterocycles. The number of para-hydroxylation sites is 1. The summed E-state index contributed by atoms with van der Waals surface area (Å²) in [5.41, 5.74) is 3.83. The smallest absolute Gasteiger partial charge is 0.318 e. The molecule has 2 aliphatic rings. The maximum atomic E-state index is 14.5. The molecule has 0 unspecified atom stereocenters. The van der Waals surface area contributed by atoms with Gasteiger partial charge < -0.3 is 29.7 Å². The van der Waals surface area contributed by atoms with Gasteiger partial charge >= 0.3 is 6.03 Å². The molecule has 45 heavy (non-hydrogen) atoms. The van der Waals surface area contributed by atoms with Crippen LogP contribution in [-0.4, -0.2) is 79.1 Å². The van der Waals surface area contributed by atoms with Crippen molar-refractivity contribution in [1.82, 2.24) is 20.1 Å². The third-order valence-corrected chi connectivity index (χ3v) is 8.95. The first-order chi connectivity index (χ1) is 21.7. The van der Waals surface area contributed by atoms with E-state index in [0.717, 1.165) is 40.7 Å². The van der Waals surface area contributed by atoms with Crippen LogP contribution in [0.5, 0.6) is 5.75 Å². The number of fused-ring (bicyclic) bond motifs is 2. The number of H-pyrrole nitrogens is 1. The molecular formula is C35H39ClFN5O3. The van der Waals surface area contributed by atoms with Crippen molar-refractivity contribution in [3.63, 3.8) is 0 Å². The number of urea groups is 1. The van der Waals surface area contributed by atoms with Gasteiger partial charge in [0, 0.05) is 73.3 Å². The van der Waals surface area contributed by atoms with Gasteiger partial charge in [0.15, 0.2) is 0 Å². The quantitative estimate of drug-likeness (QED) is 0.254. The van der Waals surface area contributed by atoms with Crippen LogP contribution >= 0.6 is 11.6 Å². The van der Waals surface area contributed by atoms with E-state index in [-0.39, 0.29) is 29.8 Å². The summed E-state index contributed by atoms with van der Waals surface area (Å²) >= 11 is 6.38. The predicted octanol–water partition coefficient (Wildman–Crippen LogP) is 5.89. The molecule has 4 aromatic rings. The van der Waals surface area contributed by atoms with Crippen LogP contribution in [0.25, 0.3) is 10.9 Å². The Morgan fingerprint density at radius 3 is 2.60 bits per heavy atom. The van der Waals surface area contributed by atoms with Gasteiger partial charge in [0.25, 0.3) is 0 Å². The Morgan fingerprint density at radius 1 is 1.09 bits per heavy atom. The third-order valence-electron chi connectivity index (χ3n) is 8.71. The Balaban J connectivity index is 1.21. The highest BCUT2D eigenvalue weighted by Gasteiger charge is 2.35. The number of aromatic amines is 1. The molecule has 3 aromatic carbocycles. The number of nitrogens with one attached hydrogen (secondary N) is 2. The molecule has 10 heteroatoms. The topological polar surface area (TPSA) is 80.9 Å². The highest BCUT2D eigenvalue weighted by atomic mass is 35.5. The lowest BCUT2D eigenvalue weighted by atomic mass is 9.91. The lowest BCUT2D eigenvalue weighted by Gasteiger charge is -2.38. The Bertz CT molecular complexity index is 1650. The molecule has 2 aliphatic heterocycles. The SMILES string of the molecule is CN(C)C[C@@H]1Cc2cc(Cl)ccc2N(C(=O)[C@@H](Cc2c[nH]c3ccccc23)NC(=O)N2CCC(Oc3ccc(F)cc3)CC2)C1. The second-order valence-corrected chi connectivity index (χ2v) is 12.8. The first-order valence-electron chi connectivity index (χ1n) is 15.5. The van der Waals surface area contributed by atoms with Crippen molar-refractivity contribution >= 4 is 40.1 Å². The summed E-state index contributed by atoms with van der Waals surface area (Å²) in [6.45, 7) is 2.35.